The molecule has 1 saturated heterocycles. The number of carbonyl (C=O) groups is 1. The van der Waals surface area contributed by atoms with E-state index in [-0.39, 0.29) is 18.1 Å². The molecule has 0 aliphatic carbocycles. The molecule has 0 N–H and O–H groups in total. The molecule has 3 aromatic heterocycles. The first-order chi connectivity index (χ1) is 15.5. The molecule has 0 unspecified atom stereocenters. The van der Waals surface area contributed by atoms with E-state index in [0.717, 1.165) is 53.7 Å². The number of hydrogen-bond acceptors (Lipinski definition) is 5. The van der Waals surface area contributed by atoms with E-state index in [1.54, 1.807) is 4.57 Å². The first kappa shape index (κ1) is 20.9. The van der Waals surface area contributed by atoms with Crippen molar-refractivity contribution in [3.63, 3.8) is 0 Å². The van der Waals surface area contributed by atoms with Crippen molar-refractivity contribution in [2.45, 2.75) is 46.1 Å². The Hall–Kier alpha value is -3.00. The fraction of sp³-hybridized carbons (Fsp3) is 0.417. The van der Waals surface area contributed by atoms with Gasteiger partial charge in [0.25, 0.3) is 0 Å². The molecule has 0 radical (unpaired) electrons. The van der Waals surface area contributed by atoms with E-state index >= 15 is 0 Å². The lowest BCUT2D eigenvalue weighted by atomic mass is 10.0. The zero-order chi connectivity index (χ0) is 22.2. The maximum atomic E-state index is 13.4. The highest BCUT2D eigenvalue weighted by atomic mass is 32.1. The molecule has 0 bridgehead atoms. The van der Waals surface area contributed by atoms with Crippen molar-refractivity contribution in [1.82, 2.24) is 24.1 Å². The topological polar surface area (TPSA) is 72.5 Å². The molecule has 0 atom stereocenters. The highest BCUT2D eigenvalue weighted by Crippen LogP contribution is 2.30. The Kier molecular flexibility index (Phi) is 5.55. The fourth-order valence-corrected chi connectivity index (χ4v) is 5.53. The van der Waals surface area contributed by atoms with Crippen molar-refractivity contribution in [3.8, 4) is 0 Å². The van der Waals surface area contributed by atoms with Gasteiger partial charge in [0.1, 0.15) is 11.4 Å². The van der Waals surface area contributed by atoms with Crippen LogP contribution in [0.15, 0.2) is 40.5 Å². The lowest BCUT2D eigenvalue weighted by Gasteiger charge is -2.16. The maximum Gasteiger partial charge on any atom is 0.352 e. The minimum Gasteiger partial charge on any atom is -0.341 e. The molecule has 0 saturated carbocycles. The van der Waals surface area contributed by atoms with Crippen molar-refractivity contribution in [1.29, 1.82) is 0 Å². The number of thiophene rings is 1. The summed E-state index contributed by atoms with van der Waals surface area (Å²) < 4.78 is 2.99. The molecular weight excluding hydrogens is 422 g/mol. The zero-order valence-corrected chi connectivity index (χ0v) is 19.3. The monoisotopic (exact) mass is 449 g/mol. The Bertz CT molecular complexity index is 1330. The molecule has 7 nitrogen and oxygen atoms in total. The third-order valence-electron chi connectivity index (χ3n) is 5.97. The second-order valence-corrected chi connectivity index (χ2v) is 9.78. The lowest BCUT2D eigenvalue weighted by molar-refractivity contribution is -0.130. The molecule has 1 aliphatic rings. The van der Waals surface area contributed by atoms with Gasteiger partial charge in [0.2, 0.25) is 5.91 Å². The molecule has 1 fully saturated rings. The average Bonchev–Trinajstić information content (AvgIpc) is 3.51. The SMILES string of the molecule is CC(C)Cc1csc2c1c1nc(Cc3ccccc3)nn1c(=O)n2CC(=O)N1CCCC1. The number of benzene rings is 1. The van der Waals surface area contributed by atoms with Gasteiger partial charge in [-0.2, -0.15) is 4.52 Å². The molecular formula is C24H27N5O2S. The Balaban J connectivity index is 1.65. The summed E-state index contributed by atoms with van der Waals surface area (Å²) in [5.41, 5.74) is 2.55. The largest absolute Gasteiger partial charge is 0.352 e. The van der Waals surface area contributed by atoms with Gasteiger partial charge < -0.3 is 4.90 Å². The molecule has 4 aromatic rings. The summed E-state index contributed by atoms with van der Waals surface area (Å²) in [6, 6.07) is 10.0. The highest BCUT2D eigenvalue weighted by Gasteiger charge is 2.24. The summed E-state index contributed by atoms with van der Waals surface area (Å²) >= 11 is 1.52. The van der Waals surface area contributed by atoms with Crippen molar-refractivity contribution in [2.24, 2.45) is 5.92 Å². The van der Waals surface area contributed by atoms with Gasteiger partial charge in [0, 0.05) is 19.5 Å². The Morgan fingerprint density at radius 2 is 1.91 bits per heavy atom. The van der Waals surface area contributed by atoms with Crippen LogP contribution in [0.1, 0.15) is 43.6 Å². The third kappa shape index (κ3) is 3.83. The van der Waals surface area contributed by atoms with E-state index in [9.17, 15) is 9.59 Å². The van der Waals surface area contributed by atoms with Crippen LogP contribution in [0.5, 0.6) is 0 Å². The number of hydrogen-bond donors (Lipinski definition) is 0. The van der Waals surface area contributed by atoms with Crippen LogP contribution < -0.4 is 5.69 Å². The number of fused-ring (bicyclic) bond motifs is 3. The van der Waals surface area contributed by atoms with Gasteiger partial charge in [0.05, 0.1) is 5.39 Å². The predicted molar refractivity (Wildman–Crippen MR) is 126 cm³/mol. The van der Waals surface area contributed by atoms with Crippen LogP contribution in [0.3, 0.4) is 0 Å². The van der Waals surface area contributed by atoms with Gasteiger partial charge in [-0.15, -0.1) is 16.4 Å². The smallest absolute Gasteiger partial charge is 0.341 e. The summed E-state index contributed by atoms with van der Waals surface area (Å²) in [5, 5.41) is 7.63. The molecule has 32 heavy (non-hydrogen) atoms. The van der Waals surface area contributed by atoms with E-state index in [4.69, 9.17) is 4.98 Å². The molecule has 1 aliphatic heterocycles. The van der Waals surface area contributed by atoms with E-state index < -0.39 is 0 Å². The second kappa shape index (κ2) is 8.50. The lowest BCUT2D eigenvalue weighted by Crippen LogP contribution is -2.36. The van der Waals surface area contributed by atoms with Gasteiger partial charge in [-0.1, -0.05) is 44.2 Å². The summed E-state index contributed by atoms with van der Waals surface area (Å²) in [6.45, 7) is 5.94. The Labute approximate surface area is 190 Å². The third-order valence-corrected chi connectivity index (χ3v) is 7.02. The van der Waals surface area contributed by atoms with Crippen molar-refractivity contribution >= 4 is 33.1 Å². The highest BCUT2D eigenvalue weighted by molar-refractivity contribution is 7.17. The molecule has 5 rings (SSSR count). The number of carbonyl (C=O) groups excluding carboxylic acids is 1. The van der Waals surface area contributed by atoms with Crippen LogP contribution in [-0.2, 0) is 24.2 Å². The van der Waals surface area contributed by atoms with Crippen molar-refractivity contribution in [3.05, 3.63) is 63.1 Å². The number of likely N-dealkylation sites (tertiary alicyclic amines) is 1. The number of aromatic nitrogens is 4. The quantitative estimate of drug-likeness (QED) is 0.452. The maximum absolute atomic E-state index is 13.4. The first-order valence-electron chi connectivity index (χ1n) is 11.2. The molecule has 4 heterocycles. The van der Waals surface area contributed by atoms with Crippen LogP contribution in [0, 0.1) is 5.92 Å². The average molecular weight is 450 g/mol. The van der Waals surface area contributed by atoms with E-state index in [1.165, 1.54) is 15.9 Å². The second-order valence-electron chi connectivity index (χ2n) is 8.92. The Morgan fingerprint density at radius 1 is 1.16 bits per heavy atom. The summed E-state index contributed by atoms with van der Waals surface area (Å²) in [5.74, 6) is 1.07. The molecule has 0 spiro atoms. The van der Waals surface area contributed by atoms with Crippen LogP contribution in [0.4, 0.5) is 0 Å². The minimum atomic E-state index is -0.301. The van der Waals surface area contributed by atoms with Crippen molar-refractivity contribution in [2.75, 3.05) is 13.1 Å². The number of nitrogens with zero attached hydrogens (tertiary/aromatic N) is 5. The zero-order valence-electron chi connectivity index (χ0n) is 18.5. The molecule has 8 heteroatoms. The number of amides is 1. The van der Waals surface area contributed by atoms with Gasteiger partial charge in [-0.3, -0.25) is 9.36 Å². The van der Waals surface area contributed by atoms with Gasteiger partial charge in [-0.25, -0.2) is 9.78 Å². The predicted octanol–water partition coefficient (Wildman–Crippen LogP) is 3.52. The van der Waals surface area contributed by atoms with Gasteiger partial charge in [-0.05, 0) is 41.7 Å². The van der Waals surface area contributed by atoms with E-state index in [1.807, 2.05) is 35.2 Å². The summed E-state index contributed by atoms with van der Waals surface area (Å²) in [4.78, 5) is 33.8. The molecule has 1 aromatic carbocycles. The van der Waals surface area contributed by atoms with Crippen LogP contribution in [-0.4, -0.2) is 43.1 Å². The minimum absolute atomic E-state index is 0.00585. The fourth-order valence-electron chi connectivity index (χ4n) is 4.46. The summed E-state index contributed by atoms with van der Waals surface area (Å²) in [6.07, 6.45) is 3.49. The van der Waals surface area contributed by atoms with Gasteiger partial charge in [0.15, 0.2) is 11.5 Å². The van der Waals surface area contributed by atoms with E-state index in [0.29, 0.717) is 23.8 Å². The molecule has 1 amide bonds. The number of rotatable bonds is 6. The van der Waals surface area contributed by atoms with Crippen LogP contribution in [0.2, 0.25) is 0 Å². The van der Waals surface area contributed by atoms with Crippen LogP contribution in [0.25, 0.3) is 15.9 Å². The standard InChI is InChI=1S/C24H27N5O2S/c1-16(2)12-18-15-32-23-21(18)22-25-19(13-17-8-4-3-5-9-17)26-29(22)24(31)28(23)14-20(30)27-10-6-7-11-27/h3-5,8-9,15-16H,6-7,10-14H2,1-2H3. The van der Waals surface area contributed by atoms with Crippen molar-refractivity contribution < 1.29 is 4.79 Å². The Morgan fingerprint density at radius 3 is 2.62 bits per heavy atom. The summed E-state index contributed by atoms with van der Waals surface area (Å²) in [7, 11) is 0. The van der Waals surface area contributed by atoms with Crippen LogP contribution >= 0.6 is 11.3 Å². The molecule has 166 valence electrons. The normalized spacial score (nSPS) is 14.3. The van der Waals surface area contributed by atoms with Gasteiger partial charge >= 0.3 is 5.69 Å². The van der Waals surface area contributed by atoms with E-state index in [2.05, 4.69) is 24.3 Å². The first-order valence-corrected chi connectivity index (χ1v) is 12.1.